The van der Waals surface area contributed by atoms with E-state index in [1.807, 2.05) is 0 Å². The Balaban J connectivity index is -0.0000000200. The Bertz CT molecular complexity index is 9.61. The molecule has 0 aromatic heterocycles. The highest BCUT2D eigenvalue weighted by Gasteiger charge is 1.25. The van der Waals surface area contributed by atoms with E-state index >= 15 is 0 Å². The number of rotatable bonds is 0. The Labute approximate surface area is 46.6 Å². The molecule has 0 bridgehead atoms. The molecule has 0 rings (SSSR count). The summed E-state index contributed by atoms with van der Waals surface area (Å²) in [6.07, 6.45) is 0. The number of halogens is 2. The number of hydrogen-bond acceptors (Lipinski definition) is 1. The molecule has 0 amide bonds. The Kier molecular flexibility index (Phi) is 67.5. The van der Waals surface area contributed by atoms with Crippen LogP contribution in [-0.2, 0) is 4.52 Å². The van der Waals surface area contributed by atoms with Crippen molar-refractivity contribution in [2.24, 2.45) is 0 Å². The van der Waals surface area contributed by atoms with Crippen LogP contribution in [0.1, 0.15) is 0 Å². The van der Waals surface area contributed by atoms with Crippen LogP contribution >= 0.6 is 34.3 Å². The molecule has 0 aliphatic carbocycles. The summed E-state index contributed by atoms with van der Waals surface area (Å²) in [7, 11) is 3.67. The first-order chi connectivity index (χ1) is 1.41. The lowest BCUT2D eigenvalue weighted by Gasteiger charge is -1.60. The quantitative estimate of drug-likeness (QED) is 0.456. The zero-order chi connectivity index (χ0) is 2.71. The van der Waals surface area contributed by atoms with Crippen LogP contribution in [0.15, 0.2) is 0 Å². The molecule has 0 aliphatic heterocycles. The molecule has 1 atom stereocenters. The van der Waals surface area contributed by atoms with E-state index < -0.39 is 0 Å². The highest BCUT2D eigenvalue weighted by molar-refractivity contribution is 7.09. The van der Waals surface area contributed by atoms with Crippen molar-refractivity contribution in [3.8, 4) is 0 Å². The molecule has 0 saturated heterocycles. The van der Waals surface area contributed by atoms with Gasteiger partial charge in [-0.25, -0.2) is 0 Å². The summed E-state index contributed by atoms with van der Waals surface area (Å²) < 4.78 is 4.17. The Hall–Kier alpha value is 0.970. The third-order valence-electron chi connectivity index (χ3n) is 0. The van der Waals surface area contributed by atoms with Crippen molar-refractivity contribution in [1.82, 2.24) is 0 Å². The van der Waals surface area contributed by atoms with Gasteiger partial charge in [0.15, 0.2) is 0 Å². The van der Waals surface area contributed by atoms with Crippen LogP contribution in [0.4, 0.5) is 0 Å². The maximum absolute atomic E-state index is 4.17. The molecule has 0 aromatic carbocycles. The van der Waals surface area contributed by atoms with Crippen molar-refractivity contribution in [1.29, 1.82) is 0 Å². The van der Waals surface area contributed by atoms with E-state index in [0.717, 1.165) is 0 Å². The van der Waals surface area contributed by atoms with Gasteiger partial charge in [-0.05, 0) is 9.47 Å². The van der Waals surface area contributed by atoms with Crippen molar-refractivity contribution in [3.63, 3.8) is 0 Å². The summed E-state index contributed by atoms with van der Waals surface area (Å²) in [5.41, 5.74) is 0. The summed E-state index contributed by atoms with van der Waals surface area (Å²) in [6.45, 7) is 0. The normalized spacial score (nSPS) is 3.60. The summed E-state index contributed by atoms with van der Waals surface area (Å²) >= 11 is 0. The summed E-state index contributed by atoms with van der Waals surface area (Å²) in [5, 5.41) is 0. The SMILES string of the molecule is COP.Cl.Cl. The van der Waals surface area contributed by atoms with Gasteiger partial charge in [-0.1, -0.05) is 0 Å². The van der Waals surface area contributed by atoms with Crippen molar-refractivity contribution in [2.45, 2.75) is 0 Å². The lowest BCUT2D eigenvalue weighted by atomic mass is 11.8. The molecular formula is CH7Cl2OP. The van der Waals surface area contributed by atoms with E-state index in [4.69, 9.17) is 0 Å². The molecule has 1 nitrogen and oxygen atoms in total. The second-order valence-electron chi connectivity index (χ2n) is 0.236. The minimum atomic E-state index is 0. The van der Waals surface area contributed by atoms with Crippen LogP contribution in [0.5, 0.6) is 0 Å². The molecule has 1 unspecified atom stereocenters. The zero-order valence-electron chi connectivity index (χ0n) is 2.80. The lowest BCUT2D eigenvalue weighted by molar-refractivity contribution is 0.488. The van der Waals surface area contributed by atoms with Gasteiger partial charge in [-0.3, -0.25) is 0 Å². The predicted octanol–water partition coefficient (Wildman–Crippen LogP) is 1.27. The van der Waals surface area contributed by atoms with Gasteiger partial charge in [-0.2, -0.15) is 0 Å². The molecule has 0 spiro atoms. The molecule has 5 heavy (non-hydrogen) atoms. The molecule has 4 heteroatoms. The fraction of sp³-hybridized carbons (Fsp3) is 1.00. The summed E-state index contributed by atoms with van der Waals surface area (Å²) in [4.78, 5) is 0. The van der Waals surface area contributed by atoms with Crippen molar-refractivity contribution in [3.05, 3.63) is 0 Å². The van der Waals surface area contributed by atoms with Crippen LogP contribution in [0.25, 0.3) is 0 Å². The highest BCUT2D eigenvalue weighted by Crippen LogP contribution is 1.68. The maximum atomic E-state index is 4.17. The van der Waals surface area contributed by atoms with Crippen molar-refractivity contribution < 1.29 is 4.52 Å². The molecule has 0 fully saturated rings. The molecular weight excluding hydrogens is 130 g/mol. The molecule has 0 radical (unpaired) electrons. The topological polar surface area (TPSA) is 9.23 Å². The highest BCUT2D eigenvalue weighted by atomic mass is 35.5. The van der Waals surface area contributed by atoms with Crippen molar-refractivity contribution in [2.75, 3.05) is 7.11 Å². The predicted molar refractivity (Wildman–Crippen MR) is 31.2 cm³/mol. The summed E-state index contributed by atoms with van der Waals surface area (Å²) in [6, 6.07) is 0. The average molecular weight is 137 g/mol. The second kappa shape index (κ2) is 20.2. The van der Waals surface area contributed by atoms with Gasteiger partial charge in [0.1, 0.15) is 0 Å². The standard InChI is InChI=1S/CH5OP.2ClH/c1-2-3;;/h3H2,1H3;2*1H. The van der Waals surface area contributed by atoms with Gasteiger partial charge in [0.25, 0.3) is 0 Å². The number of hydrogen-bond donors (Lipinski definition) is 0. The van der Waals surface area contributed by atoms with Gasteiger partial charge in [0.05, 0.1) is 0 Å². The van der Waals surface area contributed by atoms with Crippen LogP contribution in [0.3, 0.4) is 0 Å². The van der Waals surface area contributed by atoms with E-state index in [0.29, 0.717) is 0 Å². The Morgan fingerprint density at radius 2 is 1.40 bits per heavy atom. The molecule has 0 aromatic rings. The van der Waals surface area contributed by atoms with Crippen molar-refractivity contribution >= 4 is 34.3 Å². The Morgan fingerprint density at radius 3 is 1.40 bits per heavy atom. The largest absolute Gasteiger partial charge is 0.369 e. The molecule has 0 heterocycles. The maximum Gasteiger partial charge on any atom is 0.0391 e. The lowest BCUT2D eigenvalue weighted by Crippen LogP contribution is -1.37. The van der Waals surface area contributed by atoms with Gasteiger partial charge < -0.3 is 4.52 Å². The molecule has 0 aliphatic rings. The minimum absolute atomic E-state index is 0. The Morgan fingerprint density at radius 1 is 1.40 bits per heavy atom. The van der Waals surface area contributed by atoms with Crippen LogP contribution in [0, 0.1) is 0 Å². The smallest absolute Gasteiger partial charge is 0.0391 e. The fourth-order valence-corrected chi connectivity index (χ4v) is 0. The first kappa shape index (κ1) is 16.7. The molecule has 0 saturated carbocycles. The van der Waals surface area contributed by atoms with E-state index in [1.54, 1.807) is 7.11 Å². The van der Waals surface area contributed by atoms with Crippen LogP contribution < -0.4 is 0 Å². The summed E-state index contributed by atoms with van der Waals surface area (Å²) in [5.74, 6) is 0. The van der Waals surface area contributed by atoms with E-state index in [1.165, 1.54) is 0 Å². The second-order valence-corrected chi connectivity index (χ2v) is 0.707. The van der Waals surface area contributed by atoms with Crippen LogP contribution in [0.2, 0.25) is 0 Å². The van der Waals surface area contributed by atoms with Crippen LogP contribution in [-0.4, -0.2) is 7.11 Å². The van der Waals surface area contributed by atoms with E-state index in [2.05, 4.69) is 14.0 Å². The third kappa shape index (κ3) is 46.6. The van der Waals surface area contributed by atoms with Gasteiger partial charge in [0.2, 0.25) is 0 Å². The fourth-order valence-electron chi connectivity index (χ4n) is 0. The van der Waals surface area contributed by atoms with E-state index in [9.17, 15) is 0 Å². The van der Waals surface area contributed by atoms with Gasteiger partial charge in [-0.15, -0.1) is 24.8 Å². The molecule has 0 N–H and O–H groups in total. The minimum Gasteiger partial charge on any atom is -0.369 e. The first-order valence-corrected chi connectivity index (χ1v) is 1.12. The average Bonchev–Trinajstić information content (AvgIpc) is 0.918. The van der Waals surface area contributed by atoms with Gasteiger partial charge in [0, 0.05) is 7.11 Å². The third-order valence-corrected chi connectivity index (χ3v) is 0. The monoisotopic (exact) mass is 136 g/mol. The zero-order valence-corrected chi connectivity index (χ0v) is 5.59. The van der Waals surface area contributed by atoms with Gasteiger partial charge >= 0.3 is 0 Å². The van der Waals surface area contributed by atoms with E-state index in [-0.39, 0.29) is 24.8 Å². The first-order valence-electron chi connectivity index (χ1n) is 0.644. The molecule has 36 valence electrons.